The molecule has 1 aromatic heterocycles. The number of rotatable bonds is 3. The third-order valence-corrected chi connectivity index (χ3v) is 4.48. The lowest BCUT2D eigenvalue weighted by molar-refractivity contribution is -0.131. The van der Waals surface area contributed by atoms with E-state index in [1.165, 1.54) is 12.1 Å². The minimum Gasteiger partial charge on any atom is -0.445 e. The first kappa shape index (κ1) is 15.7. The maximum absolute atomic E-state index is 13.3. The number of aromatic nitrogens is 1. The average Bonchev–Trinajstić information content (AvgIpc) is 2.96. The molecule has 0 bridgehead atoms. The van der Waals surface area contributed by atoms with Crippen molar-refractivity contribution in [1.82, 2.24) is 9.88 Å². The van der Waals surface area contributed by atoms with Crippen LogP contribution in [0.3, 0.4) is 0 Å². The molecular weight excluding hydrogens is 295 g/mol. The Morgan fingerprint density at radius 1 is 1.48 bits per heavy atom. The van der Waals surface area contributed by atoms with Crippen molar-refractivity contribution in [3.63, 3.8) is 0 Å². The normalized spacial score (nSPS) is 21.4. The molecule has 1 saturated heterocycles. The summed E-state index contributed by atoms with van der Waals surface area (Å²) in [4.78, 5) is 17.9. The molecular formula is C18H21FN2O2. The van der Waals surface area contributed by atoms with Crippen molar-refractivity contribution in [2.24, 2.45) is 0 Å². The van der Waals surface area contributed by atoms with Gasteiger partial charge in [-0.25, -0.2) is 9.37 Å². The van der Waals surface area contributed by atoms with Crippen LogP contribution in [-0.4, -0.2) is 28.9 Å². The number of carbonyl (C=O) groups is 1. The molecule has 0 unspecified atom stereocenters. The number of oxazole rings is 1. The number of likely N-dealkylation sites (tertiary alicyclic amines) is 1. The van der Waals surface area contributed by atoms with Gasteiger partial charge in [0.25, 0.3) is 0 Å². The Morgan fingerprint density at radius 3 is 3.04 bits per heavy atom. The van der Waals surface area contributed by atoms with Crippen molar-refractivity contribution in [1.29, 1.82) is 0 Å². The van der Waals surface area contributed by atoms with Gasteiger partial charge in [0, 0.05) is 26.4 Å². The summed E-state index contributed by atoms with van der Waals surface area (Å²) in [6.45, 7) is 5.10. The molecule has 122 valence electrons. The second-order valence-electron chi connectivity index (χ2n) is 6.54. The van der Waals surface area contributed by atoms with Crippen molar-refractivity contribution in [2.75, 3.05) is 13.1 Å². The van der Waals surface area contributed by atoms with Gasteiger partial charge in [-0.05, 0) is 37.5 Å². The van der Waals surface area contributed by atoms with Crippen LogP contribution in [0.5, 0.6) is 0 Å². The van der Waals surface area contributed by atoms with Gasteiger partial charge in [-0.3, -0.25) is 4.79 Å². The quantitative estimate of drug-likeness (QED) is 0.873. The molecule has 0 radical (unpaired) electrons. The summed E-state index contributed by atoms with van der Waals surface area (Å²) in [5.41, 5.74) is 0.594. The van der Waals surface area contributed by atoms with E-state index in [1.807, 2.05) is 11.0 Å². The van der Waals surface area contributed by atoms with Crippen molar-refractivity contribution in [2.45, 2.75) is 38.5 Å². The summed E-state index contributed by atoms with van der Waals surface area (Å²) in [6, 6.07) is 6.48. The Hall–Kier alpha value is -2.17. The Bertz CT molecular complexity index is 713. The first-order valence-corrected chi connectivity index (χ1v) is 7.91. The van der Waals surface area contributed by atoms with Gasteiger partial charge in [0.2, 0.25) is 11.8 Å². The zero-order valence-electron chi connectivity index (χ0n) is 13.5. The summed E-state index contributed by atoms with van der Waals surface area (Å²) in [5.74, 6) is 1.21. The maximum Gasteiger partial charge on any atom is 0.219 e. The van der Waals surface area contributed by atoms with Crippen LogP contribution in [0.1, 0.15) is 43.9 Å². The largest absolute Gasteiger partial charge is 0.445 e. The fraction of sp³-hybridized carbons (Fsp3) is 0.444. The molecule has 0 aliphatic carbocycles. The van der Waals surface area contributed by atoms with Gasteiger partial charge >= 0.3 is 0 Å². The Morgan fingerprint density at radius 2 is 2.30 bits per heavy atom. The summed E-state index contributed by atoms with van der Waals surface area (Å²) >= 11 is 0. The zero-order chi connectivity index (χ0) is 16.4. The molecule has 2 aromatic rings. The highest BCUT2D eigenvalue weighted by atomic mass is 19.1. The number of hydrogen-bond donors (Lipinski definition) is 0. The molecule has 5 heteroatoms. The summed E-state index contributed by atoms with van der Waals surface area (Å²) in [6.07, 6.45) is 4.10. The van der Waals surface area contributed by atoms with Crippen molar-refractivity contribution < 1.29 is 13.6 Å². The van der Waals surface area contributed by atoms with Crippen molar-refractivity contribution in [3.05, 3.63) is 53.5 Å². The molecule has 0 N–H and O–H groups in total. The van der Waals surface area contributed by atoms with E-state index in [2.05, 4.69) is 11.9 Å². The van der Waals surface area contributed by atoms with E-state index in [1.54, 1.807) is 19.2 Å². The molecule has 3 rings (SSSR count). The maximum atomic E-state index is 13.3. The van der Waals surface area contributed by atoms with Crippen LogP contribution in [-0.2, 0) is 16.6 Å². The van der Waals surface area contributed by atoms with Crippen molar-refractivity contribution >= 4 is 5.91 Å². The van der Waals surface area contributed by atoms with Crippen LogP contribution in [0, 0.1) is 5.82 Å². The smallest absolute Gasteiger partial charge is 0.219 e. The lowest BCUT2D eigenvalue weighted by Gasteiger charge is -2.37. The second kappa shape index (κ2) is 6.14. The number of piperidine rings is 1. The molecule has 1 aliphatic rings. The number of hydrogen-bond acceptors (Lipinski definition) is 3. The van der Waals surface area contributed by atoms with E-state index in [4.69, 9.17) is 4.42 Å². The molecule has 23 heavy (non-hydrogen) atoms. The minimum absolute atomic E-state index is 0.0856. The predicted octanol–water partition coefficient (Wildman–Crippen LogP) is 3.30. The summed E-state index contributed by atoms with van der Waals surface area (Å²) in [7, 11) is 0. The number of halogens is 1. The lowest BCUT2D eigenvalue weighted by Crippen LogP contribution is -2.46. The minimum atomic E-state index is -0.260. The fourth-order valence-electron chi connectivity index (χ4n) is 3.20. The molecule has 1 amide bonds. The van der Waals surface area contributed by atoms with E-state index >= 15 is 0 Å². The summed E-state index contributed by atoms with van der Waals surface area (Å²) in [5, 5.41) is 0. The molecule has 1 aromatic carbocycles. The molecule has 4 nitrogen and oxygen atoms in total. The third-order valence-electron chi connectivity index (χ3n) is 4.48. The number of nitrogens with zero attached hydrogens (tertiary/aromatic N) is 2. The Balaban J connectivity index is 1.77. The van der Waals surface area contributed by atoms with Gasteiger partial charge in [0.05, 0.1) is 11.6 Å². The monoisotopic (exact) mass is 316 g/mol. The predicted molar refractivity (Wildman–Crippen MR) is 84.5 cm³/mol. The SMILES string of the molecule is CC(=O)N1CCC[C@](C)(c2ncc(Cc3cccc(F)c3)o2)C1. The number of amides is 1. The van der Waals surface area contributed by atoms with Crippen LogP contribution in [0.2, 0.25) is 0 Å². The molecule has 1 atom stereocenters. The first-order valence-electron chi connectivity index (χ1n) is 7.91. The lowest BCUT2D eigenvalue weighted by atomic mass is 9.81. The number of benzene rings is 1. The van der Waals surface area contributed by atoms with Gasteiger partial charge in [0.1, 0.15) is 11.6 Å². The molecule has 1 fully saturated rings. The van der Waals surface area contributed by atoms with E-state index in [0.717, 1.165) is 24.9 Å². The highest BCUT2D eigenvalue weighted by Gasteiger charge is 2.37. The number of carbonyl (C=O) groups excluding carboxylic acids is 1. The molecule has 1 aliphatic heterocycles. The average molecular weight is 316 g/mol. The highest BCUT2D eigenvalue weighted by Crippen LogP contribution is 2.33. The highest BCUT2D eigenvalue weighted by molar-refractivity contribution is 5.73. The fourth-order valence-corrected chi connectivity index (χ4v) is 3.20. The van der Waals surface area contributed by atoms with Crippen molar-refractivity contribution in [3.8, 4) is 0 Å². The third kappa shape index (κ3) is 3.44. The van der Waals surface area contributed by atoms with Gasteiger partial charge in [-0.1, -0.05) is 12.1 Å². The van der Waals surface area contributed by atoms with Crippen LogP contribution in [0.4, 0.5) is 4.39 Å². The topological polar surface area (TPSA) is 46.3 Å². The van der Waals surface area contributed by atoms with Gasteiger partial charge < -0.3 is 9.32 Å². The van der Waals surface area contributed by atoms with Crippen LogP contribution in [0.15, 0.2) is 34.9 Å². The Labute approximate surface area is 135 Å². The van der Waals surface area contributed by atoms with Crippen LogP contribution < -0.4 is 0 Å². The second-order valence-corrected chi connectivity index (χ2v) is 6.54. The summed E-state index contributed by atoms with van der Waals surface area (Å²) < 4.78 is 19.2. The van der Waals surface area contributed by atoms with E-state index in [-0.39, 0.29) is 17.1 Å². The Kier molecular flexibility index (Phi) is 4.20. The molecule has 0 spiro atoms. The van der Waals surface area contributed by atoms with Gasteiger partial charge in [0.15, 0.2) is 0 Å². The van der Waals surface area contributed by atoms with E-state index in [0.29, 0.717) is 24.6 Å². The molecule has 2 heterocycles. The zero-order valence-corrected chi connectivity index (χ0v) is 13.5. The van der Waals surface area contributed by atoms with E-state index in [9.17, 15) is 9.18 Å². The van der Waals surface area contributed by atoms with Crippen LogP contribution in [0.25, 0.3) is 0 Å². The van der Waals surface area contributed by atoms with Gasteiger partial charge in [-0.15, -0.1) is 0 Å². The standard InChI is InChI=1S/C18H21FN2O2/c1-13(22)21-8-4-7-18(2,12-21)17-20-11-16(23-17)10-14-5-3-6-15(19)9-14/h3,5-6,9,11H,4,7-8,10,12H2,1-2H3/t18-/m0/s1. The van der Waals surface area contributed by atoms with E-state index < -0.39 is 0 Å². The molecule has 0 saturated carbocycles. The first-order chi connectivity index (χ1) is 11.0. The van der Waals surface area contributed by atoms with Gasteiger partial charge in [-0.2, -0.15) is 0 Å². The van der Waals surface area contributed by atoms with Crippen LogP contribution >= 0.6 is 0 Å².